The van der Waals surface area contributed by atoms with Crippen molar-refractivity contribution in [3.8, 4) is 0 Å². The fourth-order valence-corrected chi connectivity index (χ4v) is 12.6. The molecule has 0 aliphatic carbocycles. The number of amides is 2. The van der Waals surface area contributed by atoms with Gasteiger partial charge in [0.1, 0.15) is 10.6 Å². The number of sulfonamides is 1. The Morgan fingerprint density at radius 3 is 2.34 bits per heavy atom. The van der Waals surface area contributed by atoms with Gasteiger partial charge in [0, 0.05) is 79.5 Å². The largest absolute Gasteiger partial charge is 0.501 e. The molecular weight excluding hydrogens is 966 g/mol. The van der Waals surface area contributed by atoms with Crippen molar-refractivity contribution in [1.82, 2.24) is 24.5 Å². The van der Waals surface area contributed by atoms with E-state index in [1.807, 2.05) is 70.3 Å². The Morgan fingerprint density at radius 2 is 1.61 bits per heavy atom. The summed E-state index contributed by atoms with van der Waals surface area (Å²) in [4.78, 5) is 41.1. The van der Waals surface area contributed by atoms with E-state index < -0.39 is 52.8 Å². The first-order valence-corrected chi connectivity index (χ1v) is 27.0. The van der Waals surface area contributed by atoms with E-state index in [0.29, 0.717) is 59.6 Å². The van der Waals surface area contributed by atoms with E-state index in [9.17, 15) is 39.6 Å². The number of alkyl halides is 3. The minimum atomic E-state index is -6.10. The molecular formula is C45H47F3N8O6S5. The number of halogens is 3. The van der Waals surface area contributed by atoms with Gasteiger partial charge in [-0.05, 0) is 86.3 Å². The van der Waals surface area contributed by atoms with E-state index in [4.69, 9.17) is 0 Å². The van der Waals surface area contributed by atoms with Crippen LogP contribution in [0.2, 0.25) is 0 Å². The van der Waals surface area contributed by atoms with Crippen molar-refractivity contribution in [3.63, 3.8) is 0 Å². The Hall–Kier alpha value is -5.10. The van der Waals surface area contributed by atoms with Crippen molar-refractivity contribution >= 4 is 92.3 Å². The fraction of sp³-hybridized carbons (Fsp3) is 0.333. The number of fused-ring (bicyclic) bond motifs is 2. The average Bonchev–Trinajstić information content (AvgIpc) is 3.97. The Labute approximate surface area is 399 Å². The van der Waals surface area contributed by atoms with Crippen LogP contribution in [-0.2, 0) is 32.8 Å². The minimum absolute atomic E-state index is 0.254. The molecule has 0 spiro atoms. The van der Waals surface area contributed by atoms with Crippen LogP contribution in [0.3, 0.4) is 0 Å². The molecule has 2 aliphatic rings. The zero-order valence-electron chi connectivity index (χ0n) is 36.3. The van der Waals surface area contributed by atoms with Crippen LogP contribution in [-0.4, -0.2) is 111 Å². The maximum absolute atomic E-state index is 14.3. The van der Waals surface area contributed by atoms with Gasteiger partial charge in [-0.2, -0.15) is 13.2 Å². The van der Waals surface area contributed by atoms with Gasteiger partial charge in [-0.15, -0.1) is 23.1 Å². The van der Waals surface area contributed by atoms with E-state index in [2.05, 4.69) is 44.2 Å². The lowest BCUT2D eigenvalue weighted by Crippen LogP contribution is -2.49. The van der Waals surface area contributed by atoms with E-state index in [1.54, 1.807) is 12.1 Å². The highest BCUT2D eigenvalue weighted by Crippen LogP contribution is 2.37. The molecule has 22 heteroatoms. The summed E-state index contributed by atoms with van der Waals surface area (Å²) in [5, 5.41) is 8.07. The first kappa shape index (κ1) is 48.4. The Balaban J connectivity index is 0.978. The lowest BCUT2D eigenvalue weighted by molar-refractivity contribution is -0.0436. The van der Waals surface area contributed by atoms with Gasteiger partial charge in [0.15, 0.2) is 10.3 Å². The molecule has 0 radical (unpaired) electrons. The molecule has 1 atom stereocenters. The molecule has 4 aromatic carbocycles. The van der Waals surface area contributed by atoms with Gasteiger partial charge in [-0.1, -0.05) is 53.8 Å². The summed E-state index contributed by atoms with van der Waals surface area (Å²) < 4.78 is 99.3. The molecule has 1 saturated heterocycles. The predicted molar refractivity (Wildman–Crippen MR) is 258 cm³/mol. The quantitative estimate of drug-likeness (QED) is 0.0798. The molecule has 8 rings (SSSR count). The number of thiazole rings is 2. The number of hydrogen-bond donors (Lipinski definition) is 3. The van der Waals surface area contributed by atoms with Crippen molar-refractivity contribution in [2.45, 2.75) is 65.5 Å². The van der Waals surface area contributed by atoms with Crippen LogP contribution in [0.25, 0.3) is 10.2 Å². The van der Waals surface area contributed by atoms with Gasteiger partial charge < -0.3 is 15.1 Å². The molecule has 14 nitrogen and oxygen atoms in total. The molecule has 0 unspecified atom stereocenters. The number of thioether (sulfide) groups is 1. The third-order valence-electron chi connectivity index (χ3n) is 11.6. The van der Waals surface area contributed by atoms with Crippen LogP contribution < -0.4 is 20.3 Å². The summed E-state index contributed by atoms with van der Waals surface area (Å²) in [6.45, 7) is 8.90. The summed E-state index contributed by atoms with van der Waals surface area (Å²) in [6, 6.07) is 24.6. The monoisotopic (exact) mass is 1010 g/mol. The van der Waals surface area contributed by atoms with Crippen molar-refractivity contribution in [2.75, 3.05) is 60.6 Å². The van der Waals surface area contributed by atoms with Gasteiger partial charge >= 0.3 is 5.51 Å². The average molecular weight is 1010 g/mol. The molecule has 2 aromatic heterocycles. The number of sulfone groups is 1. The highest BCUT2D eigenvalue weighted by molar-refractivity contribution is 7.99. The summed E-state index contributed by atoms with van der Waals surface area (Å²) in [5.41, 5.74) is -3.57. The van der Waals surface area contributed by atoms with Gasteiger partial charge in [-0.25, -0.2) is 31.5 Å². The number of para-hydroxylation sites is 1. The minimum Gasteiger partial charge on any atom is -0.380 e. The molecule has 67 heavy (non-hydrogen) atoms. The van der Waals surface area contributed by atoms with Crippen molar-refractivity contribution in [2.24, 2.45) is 0 Å². The zero-order valence-corrected chi connectivity index (χ0v) is 40.4. The Morgan fingerprint density at radius 1 is 0.866 bits per heavy atom. The lowest BCUT2D eigenvalue weighted by atomic mass is 9.94. The summed E-state index contributed by atoms with van der Waals surface area (Å²) in [5.74, 6) is -1.16. The van der Waals surface area contributed by atoms with E-state index in [-0.39, 0.29) is 18.1 Å². The van der Waals surface area contributed by atoms with Gasteiger partial charge in [0.25, 0.3) is 31.7 Å². The first-order chi connectivity index (χ1) is 31.9. The highest BCUT2D eigenvalue weighted by Gasteiger charge is 2.48. The van der Waals surface area contributed by atoms with Crippen LogP contribution in [0.4, 0.5) is 29.1 Å². The lowest BCUT2D eigenvalue weighted by Gasteiger charge is -2.37. The maximum atomic E-state index is 14.3. The van der Waals surface area contributed by atoms with Crippen molar-refractivity contribution < 1.29 is 39.6 Å². The smallest absolute Gasteiger partial charge is 0.380 e. The van der Waals surface area contributed by atoms with Gasteiger partial charge in [-0.3, -0.25) is 19.8 Å². The second-order valence-corrected chi connectivity index (χ2v) is 22.9. The van der Waals surface area contributed by atoms with Crippen LogP contribution >= 0.6 is 34.4 Å². The number of carbonyl (C=O) groups excluding carboxylic acids is 2. The number of anilines is 3. The molecule has 2 aliphatic heterocycles. The fourth-order valence-electron chi connectivity index (χ4n) is 7.90. The topological polar surface area (TPSA) is 174 Å². The van der Waals surface area contributed by atoms with E-state index >= 15 is 0 Å². The highest BCUT2D eigenvalue weighted by atomic mass is 32.2. The molecule has 3 N–H and O–H groups in total. The molecule has 354 valence electrons. The number of nitrogens with one attached hydrogen (secondary N) is 3. The molecule has 0 saturated carbocycles. The molecule has 4 heterocycles. The SMILES string of the molecule is CC(C)N1CCN(CC[C@H](CSc2ccccc2)Nc2ccc(S(=O)(=O)NC(=O)c3csc(N4CCc5cccc(C(=O)Nc6nc7ccccc7s6)c5C4)n3)cc2S(=O)(=O)C(F)(F)F)CC1. The summed E-state index contributed by atoms with van der Waals surface area (Å²) >= 11 is 3.87. The number of aromatic nitrogens is 2. The predicted octanol–water partition coefficient (Wildman–Crippen LogP) is 7.97. The standard InChI is InChI=1S/C45H47F3N8O6S5/c1-29(2)55-23-21-54(22-24-55)19-18-31(27-63-32-10-4-3-5-11-32)49-37-16-15-33(25-40(37)66(59,60)45(46,47)48)67(61,62)53-42(58)38-28-64-44(51-38)56-20-17-30-9-8-12-34(35(30)26-56)41(57)52-43-50-36-13-6-7-14-39(36)65-43/h3-16,25,28-29,31,49H,17-24,26-27H2,1-2H3,(H,53,58)(H,50,52,57)/t31-/m1/s1. The first-order valence-electron chi connectivity index (χ1n) is 21.4. The second kappa shape index (κ2) is 20.2. The molecule has 2 amide bonds. The van der Waals surface area contributed by atoms with Crippen molar-refractivity contribution in [1.29, 1.82) is 0 Å². The number of rotatable bonds is 16. The van der Waals surface area contributed by atoms with Crippen LogP contribution in [0.5, 0.6) is 0 Å². The van der Waals surface area contributed by atoms with E-state index in [1.165, 1.54) is 28.5 Å². The van der Waals surface area contributed by atoms with Crippen molar-refractivity contribution in [3.05, 3.63) is 119 Å². The summed E-state index contributed by atoms with van der Waals surface area (Å²) in [7, 11) is -11.0. The third kappa shape index (κ3) is 11.3. The second-order valence-electron chi connectivity index (χ2n) is 16.3. The third-order valence-corrected chi connectivity index (χ3v) is 17.5. The van der Waals surface area contributed by atoms with Crippen LogP contribution in [0, 0.1) is 0 Å². The number of hydrogen-bond acceptors (Lipinski definition) is 15. The van der Waals surface area contributed by atoms with Gasteiger partial charge in [0.2, 0.25) is 0 Å². The number of carbonyl (C=O) groups is 2. The molecule has 1 fully saturated rings. The number of piperazine rings is 1. The van der Waals surface area contributed by atoms with Crippen LogP contribution in [0.15, 0.2) is 111 Å². The number of nitrogens with zero attached hydrogens (tertiary/aromatic N) is 5. The normalized spacial score (nSPS) is 15.6. The Kier molecular flexibility index (Phi) is 14.6. The van der Waals surface area contributed by atoms with Crippen LogP contribution in [0.1, 0.15) is 52.2 Å². The molecule has 6 aromatic rings. The molecule has 0 bridgehead atoms. The van der Waals surface area contributed by atoms with Gasteiger partial charge in [0.05, 0.1) is 20.8 Å². The van der Waals surface area contributed by atoms with E-state index in [0.717, 1.165) is 75.9 Å². The summed E-state index contributed by atoms with van der Waals surface area (Å²) in [6.07, 6.45) is 0.994. The number of benzene rings is 4. The maximum Gasteiger partial charge on any atom is 0.501 e. The zero-order chi connectivity index (χ0) is 47.5. The Bertz CT molecular complexity index is 2950.